The van der Waals surface area contributed by atoms with E-state index in [0.29, 0.717) is 12.2 Å². The van der Waals surface area contributed by atoms with Crippen molar-refractivity contribution in [3.05, 3.63) is 68.9 Å². The van der Waals surface area contributed by atoms with E-state index in [1.165, 1.54) is 22.7 Å². The highest BCUT2D eigenvalue weighted by atomic mass is 32.1. The fourth-order valence-corrected chi connectivity index (χ4v) is 6.36. The number of ketones is 1. The number of carbonyl (C=O) groups is 2. The number of likely N-dealkylation sites (tertiary alicyclic amines) is 1. The van der Waals surface area contributed by atoms with Gasteiger partial charge < -0.3 is 14.7 Å². The summed E-state index contributed by atoms with van der Waals surface area (Å²) in [6.45, 7) is 6.33. The first kappa shape index (κ1) is 23.9. The normalized spacial score (nSPS) is 20.6. The van der Waals surface area contributed by atoms with Crippen LogP contribution in [0.1, 0.15) is 27.9 Å². The van der Waals surface area contributed by atoms with Gasteiger partial charge in [-0.2, -0.15) is 0 Å². The Balaban J connectivity index is 1.47. The number of carbonyl (C=O) groups excluding carboxylic acids is 2. The molecule has 0 saturated carbocycles. The Morgan fingerprint density at radius 2 is 1.89 bits per heavy atom. The van der Waals surface area contributed by atoms with Crippen molar-refractivity contribution in [2.75, 3.05) is 39.4 Å². The number of ether oxygens (including phenoxy) is 1. The number of nitrogens with zero attached hydrogens (tertiary/aromatic N) is 3. The largest absolute Gasteiger partial charge is 0.505 e. The third kappa shape index (κ3) is 4.81. The first-order valence-electron chi connectivity index (χ1n) is 11.7. The number of aromatic nitrogens is 1. The average Bonchev–Trinajstić information content (AvgIpc) is 3.60. The standard InChI is InChI=1S/C26H27N3O4S2/c1-17-21(27-25(35-17)18-7-3-2-4-8-18)23(30)20-22(19-9-5-16-34-19)29(26(32)24(20)31)11-6-10-28-12-14-33-15-13-28/h2-5,7-9,16,22,30H,6,10-15H2,1H3/t22-/m0/s1. The Labute approximate surface area is 212 Å². The summed E-state index contributed by atoms with van der Waals surface area (Å²) in [7, 11) is 0. The Bertz CT molecular complexity index is 1230. The van der Waals surface area contributed by atoms with Crippen LogP contribution < -0.4 is 0 Å². The lowest BCUT2D eigenvalue weighted by atomic mass is 10.0. The number of aliphatic hydroxyl groups excluding tert-OH is 1. The topological polar surface area (TPSA) is 83.0 Å². The molecule has 2 aliphatic rings. The van der Waals surface area contributed by atoms with Gasteiger partial charge in [0.25, 0.3) is 11.7 Å². The molecule has 0 radical (unpaired) electrons. The van der Waals surface area contributed by atoms with Crippen molar-refractivity contribution in [3.63, 3.8) is 0 Å². The lowest BCUT2D eigenvalue weighted by Crippen LogP contribution is -2.38. The van der Waals surface area contributed by atoms with Crippen LogP contribution in [-0.4, -0.2) is 71.0 Å². The predicted molar refractivity (Wildman–Crippen MR) is 137 cm³/mol. The van der Waals surface area contributed by atoms with Crippen molar-refractivity contribution in [3.8, 4) is 10.6 Å². The number of aliphatic hydroxyl groups is 1. The van der Waals surface area contributed by atoms with Crippen molar-refractivity contribution in [1.82, 2.24) is 14.8 Å². The fraction of sp³-hybridized carbons (Fsp3) is 0.346. The molecule has 0 unspecified atom stereocenters. The number of benzene rings is 1. The average molecular weight is 510 g/mol. The number of rotatable bonds is 7. The Morgan fingerprint density at radius 3 is 2.60 bits per heavy atom. The third-order valence-corrected chi connectivity index (χ3v) is 8.32. The molecule has 35 heavy (non-hydrogen) atoms. The summed E-state index contributed by atoms with van der Waals surface area (Å²) in [6.07, 6.45) is 0.739. The second-order valence-corrected chi connectivity index (χ2v) is 10.8. The molecule has 182 valence electrons. The molecular weight excluding hydrogens is 482 g/mol. The van der Waals surface area contributed by atoms with Crippen LogP contribution >= 0.6 is 22.7 Å². The second-order valence-electron chi connectivity index (χ2n) is 8.61. The molecule has 2 fully saturated rings. The molecule has 5 rings (SSSR count). The van der Waals surface area contributed by atoms with Crippen LogP contribution in [0.2, 0.25) is 0 Å². The van der Waals surface area contributed by atoms with Crippen LogP contribution in [0, 0.1) is 6.92 Å². The molecule has 4 heterocycles. The van der Waals surface area contributed by atoms with Crippen molar-refractivity contribution in [2.24, 2.45) is 0 Å². The highest BCUT2D eigenvalue weighted by Crippen LogP contribution is 2.42. The molecule has 7 nitrogen and oxygen atoms in total. The molecule has 1 atom stereocenters. The van der Waals surface area contributed by atoms with Gasteiger partial charge in [0.05, 0.1) is 24.8 Å². The van der Waals surface area contributed by atoms with E-state index in [4.69, 9.17) is 4.74 Å². The molecule has 2 saturated heterocycles. The zero-order valence-corrected chi connectivity index (χ0v) is 21.1. The second kappa shape index (κ2) is 10.4. The summed E-state index contributed by atoms with van der Waals surface area (Å²) < 4.78 is 5.41. The molecule has 2 aromatic heterocycles. The molecule has 1 amide bonds. The van der Waals surface area contributed by atoms with Crippen LogP contribution in [0.4, 0.5) is 0 Å². The minimum atomic E-state index is -0.652. The van der Waals surface area contributed by atoms with Crippen molar-refractivity contribution < 1.29 is 19.4 Å². The van der Waals surface area contributed by atoms with Crippen LogP contribution in [0.15, 0.2) is 53.4 Å². The number of Topliss-reactive ketones (excluding diaryl/α,β-unsaturated/α-hetero) is 1. The van der Waals surface area contributed by atoms with Crippen molar-refractivity contribution >= 4 is 40.1 Å². The summed E-state index contributed by atoms with van der Waals surface area (Å²) >= 11 is 2.93. The van der Waals surface area contributed by atoms with Gasteiger partial charge in [-0.1, -0.05) is 36.4 Å². The zero-order chi connectivity index (χ0) is 24.4. The van der Waals surface area contributed by atoms with Gasteiger partial charge in [0, 0.05) is 41.5 Å². The van der Waals surface area contributed by atoms with Gasteiger partial charge in [-0.05, 0) is 24.8 Å². The molecular formula is C26H27N3O4S2. The number of hydrogen-bond acceptors (Lipinski definition) is 8. The molecule has 1 aromatic carbocycles. The Hall–Kier alpha value is -2.85. The van der Waals surface area contributed by atoms with E-state index in [2.05, 4.69) is 9.88 Å². The molecule has 0 spiro atoms. The number of aryl methyl sites for hydroxylation is 1. The molecule has 0 aliphatic carbocycles. The summed E-state index contributed by atoms with van der Waals surface area (Å²) in [6, 6.07) is 12.9. The summed E-state index contributed by atoms with van der Waals surface area (Å²) in [5.41, 5.74) is 1.43. The minimum Gasteiger partial charge on any atom is -0.505 e. The maximum Gasteiger partial charge on any atom is 0.295 e. The Morgan fingerprint density at radius 1 is 1.11 bits per heavy atom. The van der Waals surface area contributed by atoms with Gasteiger partial charge in [-0.15, -0.1) is 22.7 Å². The SMILES string of the molecule is Cc1sc(-c2ccccc2)nc1C(O)=C1C(=O)C(=O)N(CCCN2CCOCC2)[C@H]1c1cccs1. The maximum atomic E-state index is 13.2. The van der Waals surface area contributed by atoms with Gasteiger partial charge in [0.1, 0.15) is 10.7 Å². The van der Waals surface area contributed by atoms with Crippen LogP contribution in [-0.2, 0) is 14.3 Å². The van der Waals surface area contributed by atoms with Crippen LogP contribution in [0.25, 0.3) is 16.3 Å². The van der Waals surface area contributed by atoms with E-state index in [0.717, 1.165) is 59.6 Å². The number of morpholine rings is 1. The van der Waals surface area contributed by atoms with Gasteiger partial charge in [0.2, 0.25) is 0 Å². The van der Waals surface area contributed by atoms with E-state index in [1.54, 1.807) is 4.90 Å². The number of thiazole rings is 1. The van der Waals surface area contributed by atoms with E-state index in [-0.39, 0.29) is 11.3 Å². The first-order chi connectivity index (χ1) is 17.0. The van der Waals surface area contributed by atoms with E-state index >= 15 is 0 Å². The number of amides is 1. The monoisotopic (exact) mass is 509 g/mol. The molecule has 9 heteroatoms. The number of thiophene rings is 1. The van der Waals surface area contributed by atoms with Gasteiger partial charge >= 0.3 is 0 Å². The first-order valence-corrected chi connectivity index (χ1v) is 13.4. The third-order valence-electron chi connectivity index (χ3n) is 6.37. The molecule has 0 bridgehead atoms. The van der Waals surface area contributed by atoms with E-state index < -0.39 is 17.7 Å². The van der Waals surface area contributed by atoms with Crippen molar-refractivity contribution in [2.45, 2.75) is 19.4 Å². The summed E-state index contributed by atoms with van der Waals surface area (Å²) in [5.74, 6) is -1.42. The van der Waals surface area contributed by atoms with Gasteiger partial charge in [0.15, 0.2) is 5.76 Å². The van der Waals surface area contributed by atoms with E-state index in [9.17, 15) is 14.7 Å². The quantitative estimate of drug-likeness (QED) is 0.290. The lowest BCUT2D eigenvalue weighted by Gasteiger charge is -2.28. The molecule has 2 aliphatic heterocycles. The fourth-order valence-electron chi connectivity index (χ4n) is 4.59. The highest BCUT2D eigenvalue weighted by molar-refractivity contribution is 7.15. The van der Waals surface area contributed by atoms with Gasteiger partial charge in [-0.3, -0.25) is 14.5 Å². The Kier molecular flexibility index (Phi) is 7.10. The zero-order valence-electron chi connectivity index (χ0n) is 19.5. The molecule has 1 N–H and O–H groups in total. The van der Waals surface area contributed by atoms with Crippen LogP contribution in [0.5, 0.6) is 0 Å². The van der Waals surface area contributed by atoms with Gasteiger partial charge in [-0.25, -0.2) is 4.98 Å². The smallest absolute Gasteiger partial charge is 0.295 e. The van der Waals surface area contributed by atoms with Crippen molar-refractivity contribution in [1.29, 1.82) is 0 Å². The van der Waals surface area contributed by atoms with Crippen LogP contribution in [0.3, 0.4) is 0 Å². The van der Waals surface area contributed by atoms with E-state index in [1.807, 2.05) is 54.8 Å². The maximum absolute atomic E-state index is 13.2. The summed E-state index contributed by atoms with van der Waals surface area (Å²) in [5, 5.41) is 14.1. The lowest BCUT2D eigenvalue weighted by molar-refractivity contribution is -0.140. The minimum absolute atomic E-state index is 0.122. The summed E-state index contributed by atoms with van der Waals surface area (Å²) in [4.78, 5) is 36.6. The predicted octanol–water partition coefficient (Wildman–Crippen LogP) is 4.32. The number of hydrogen-bond donors (Lipinski definition) is 1. The molecule has 3 aromatic rings. The highest BCUT2D eigenvalue weighted by Gasteiger charge is 2.46.